The molecule has 0 aliphatic carbocycles. The lowest BCUT2D eigenvalue weighted by molar-refractivity contribution is -0.120. The molecule has 0 radical (unpaired) electrons. The van der Waals surface area contributed by atoms with Gasteiger partial charge in [0.15, 0.2) is 5.78 Å². The Labute approximate surface area is 165 Å². The van der Waals surface area contributed by atoms with E-state index in [2.05, 4.69) is 26.8 Å². The number of rotatable bonds is 5. The molecule has 1 aliphatic rings. The van der Waals surface area contributed by atoms with Gasteiger partial charge >= 0.3 is 0 Å². The van der Waals surface area contributed by atoms with Gasteiger partial charge < -0.3 is 4.90 Å². The topological polar surface area (TPSA) is 49.3 Å². The van der Waals surface area contributed by atoms with Gasteiger partial charge in [-0.15, -0.1) is 0 Å². The van der Waals surface area contributed by atoms with Crippen molar-refractivity contribution in [3.63, 3.8) is 0 Å². The first-order valence-corrected chi connectivity index (χ1v) is 9.08. The van der Waals surface area contributed by atoms with Gasteiger partial charge in [0.1, 0.15) is 0 Å². The predicted molar refractivity (Wildman–Crippen MR) is 108 cm³/mol. The van der Waals surface area contributed by atoms with E-state index in [1.54, 1.807) is 12.3 Å². The summed E-state index contributed by atoms with van der Waals surface area (Å²) >= 11 is 0. The molecule has 1 saturated heterocycles. The molecular weight excluding hydrogens is 336 g/mol. The summed E-state index contributed by atoms with van der Waals surface area (Å²) in [6.45, 7) is 4.15. The molecule has 0 spiro atoms. The highest BCUT2D eigenvalue weighted by molar-refractivity contribution is 5.88. The van der Waals surface area contributed by atoms with Crippen LogP contribution in [0.2, 0.25) is 0 Å². The van der Waals surface area contributed by atoms with Crippen LogP contribution in [0, 0.1) is 0 Å². The Balaban J connectivity index is 1.57. The molecule has 5 heteroatoms. The molecule has 0 atom stereocenters. The van der Waals surface area contributed by atoms with Crippen molar-refractivity contribution in [1.29, 1.82) is 0 Å². The summed E-state index contributed by atoms with van der Waals surface area (Å²) in [6, 6.07) is 6.81. The number of hydrogen-bond donors (Lipinski definition) is 0. The first-order chi connectivity index (χ1) is 14.8. The van der Waals surface area contributed by atoms with Crippen LogP contribution in [0.3, 0.4) is 0 Å². The van der Waals surface area contributed by atoms with Crippen molar-refractivity contribution in [2.75, 3.05) is 39.8 Å². The first-order valence-electron chi connectivity index (χ1n) is 11.1. The van der Waals surface area contributed by atoms with Crippen LogP contribution in [-0.4, -0.2) is 65.3 Å². The normalized spacial score (nSPS) is 18.0. The van der Waals surface area contributed by atoms with Gasteiger partial charge in [0.2, 0.25) is 0 Å². The number of ketones is 1. The van der Waals surface area contributed by atoms with Gasteiger partial charge in [0.05, 0.1) is 18.4 Å². The fourth-order valence-electron chi connectivity index (χ4n) is 3.32. The molecule has 1 fully saturated rings. The van der Waals surface area contributed by atoms with Crippen molar-refractivity contribution in [3.8, 4) is 11.1 Å². The quantitative estimate of drug-likeness (QED) is 0.697. The van der Waals surface area contributed by atoms with Crippen molar-refractivity contribution in [3.05, 3.63) is 60.6 Å². The fraction of sp³-hybridized carbons (Fsp3) is 0.318. The van der Waals surface area contributed by atoms with Crippen LogP contribution in [0.1, 0.15) is 11.2 Å². The summed E-state index contributed by atoms with van der Waals surface area (Å²) in [5.74, 6) is 0.128. The summed E-state index contributed by atoms with van der Waals surface area (Å²) in [5, 5.41) is 1.73. The van der Waals surface area contributed by atoms with Crippen molar-refractivity contribution in [2.45, 2.75) is 6.42 Å². The van der Waals surface area contributed by atoms with E-state index < -0.39 is 0 Å². The molecule has 1 aliphatic heterocycles. The van der Waals surface area contributed by atoms with E-state index >= 15 is 0 Å². The van der Waals surface area contributed by atoms with E-state index in [-0.39, 0.29) is 42.2 Å². The molecule has 0 saturated carbocycles. The third kappa shape index (κ3) is 4.38. The molecule has 0 unspecified atom stereocenters. The lowest BCUT2D eigenvalue weighted by Gasteiger charge is -2.31. The van der Waals surface area contributed by atoms with Crippen LogP contribution < -0.4 is 0 Å². The second-order valence-corrected chi connectivity index (χ2v) is 6.99. The molecule has 138 valence electrons. The number of Topliss-reactive ketones (excluding diaryl/α,β-unsaturated/α-hetero) is 1. The van der Waals surface area contributed by atoms with Crippen molar-refractivity contribution < 1.29 is 10.3 Å². The first kappa shape index (κ1) is 13.5. The van der Waals surface area contributed by atoms with E-state index in [0.717, 1.165) is 37.0 Å². The smallest absolute Gasteiger partial charge is 0.152 e. The van der Waals surface area contributed by atoms with Crippen LogP contribution in [0.25, 0.3) is 21.9 Å². The minimum absolute atomic E-state index is 0.128. The number of hydrogen-bond acceptors (Lipinski definition) is 5. The zero-order valence-corrected chi connectivity index (χ0v) is 15.3. The van der Waals surface area contributed by atoms with Gasteiger partial charge in [0, 0.05) is 61.4 Å². The highest BCUT2D eigenvalue weighted by Gasteiger charge is 2.17. The molecule has 0 amide bonds. The summed E-state index contributed by atoms with van der Waals surface area (Å²) in [5.41, 5.74) is 1.50. The monoisotopic (exact) mass is 364 g/mol. The minimum Gasteiger partial charge on any atom is -0.304 e. The standard InChI is InChI=1S/C22H24N4O/c1-25-7-9-26(10-8-25)16-22(27)13-21-12-20-11-17(4-5-19(20)15-24-21)18-3-2-6-23-14-18/h2-6,11-12,14-15H,7-10,13,16H2,1H3/i2D,3D,6D,14D. The number of fused-ring (bicyclic) bond motifs is 1. The van der Waals surface area contributed by atoms with E-state index in [9.17, 15) is 4.79 Å². The van der Waals surface area contributed by atoms with Crippen LogP contribution in [0.15, 0.2) is 54.9 Å². The summed E-state index contributed by atoms with van der Waals surface area (Å²) in [7, 11) is 2.09. The molecular formula is C22H24N4O. The molecule has 2 aromatic heterocycles. The SMILES string of the molecule is [2H]c1nc([2H])c(-c2ccc3cnc(CC(=O)CN4CCN(C)CC4)cc3c2)c([2H])c1[2H]. The summed E-state index contributed by atoms with van der Waals surface area (Å²) in [6.07, 6.45) is 1.42. The fourth-order valence-corrected chi connectivity index (χ4v) is 3.32. The Morgan fingerprint density at radius 3 is 2.85 bits per heavy atom. The number of aromatic nitrogens is 2. The van der Waals surface area contributed by atoms with Gasteiger partial charge in [-0.3, -0.25) is 19.7 Å². The number of piperazine rings is 1. The summed E-state index contributed by atoms with van der Waals surface area (Å²) in [4.78, 5) is 25.2. The highest BCUT2D eigenvalue weighted by atomic mass is 16.1. The lowest BCUT2D eigenvalue weighted by atomic mass is 10.0. The van der Waals surface area contributed by atoms with E-state index in [0.29, 0.717) is 17.8 Å². The molecule has 4 rings (SSSR count). The average molecular weight is 364 g/mol. The Morgan fingerprint density at radius 2 is 2.00 bits per heavy atom. The minimum atomic E-state index is -0.370. The number of carbonyl (C=O) groups is 1. The van der Waals surface area contributed by atoms with Crippen molar-refractivity contribution >= 4 is 16.6 Å². The lowest BCUT2D eigenvalue weighted by Crippen LogP contribution is -2.46. The predicted octanol–water partition coefficient (Wildman–Crippen LogP) is 2.66. The van der Waals surface area contributed by atoms with Crippen molar-refractivity contribution in [1.82, 2.24) is 19.8 Å². The third-order valence-corrected chi connectivity index (χ3v) is 4.91. The van der Waals surface area contributed by atoms with Crippen LogP contribution in [0.5, 0.6) is 0 Å². The molecule has 0 bridgehead atoms. The van der Waals surface area contributed by atoms with Gasteiger partial charge in [-0.05, 0) is 36.2 Å². The van der Waals surface area contributed by atoms with Crippen LogP contribution in [0.4, 0.5) is 0 Å². The second kappa shape index (κ2) is 7.94. The van der Waals surface area contributed by atoms with Gasteiger partial charge in [-0.25, -0.2) is 0 Å². The molecule has 3 aromatic rings. The maximum Gasteiger partial charge on any atom is 0.152 e. The largest absolute Gasteiger partial charge is 0.304 e. The van der Waals surface area contributed by atoms with E-state index in [1.165, 1.54) is 0 Å². The van der Waals surface area contributed by atoms with Crippen LogP contribution >= 0.6 is 0 Å². The molecule has 1 aromatic carbocycles. The zero-order chi connectivity index (χ0) is 22.1. The van der Waals surface area contributed by atoms with Gasteiger partial charge in [0.25, 0.3) is 0 Å². The molecule has 27 heavy (non-hydrogen) atoms. The molecule has 3 heterocycles. The number of carbonyl (C=O) groups excluding carboxylic acids is 1. The Hall–Kier alpha value is -2.63. The number of pyridine rings is 2. The number of nitrogens with zero attached hydrogens (tertiary/aromatic N) is 4. The maximum absolute atomic E-state index is 12.6. The van der Waals surface area contributed by atoms with E-state index in [4.69, 9.17) is 5.48 Å². The second-order valence-electron chi connectivity index (χ2n) is 6.99. The Bertz CT molecular complexity index is 1150. The molecule has 0 N–H and O–H groups in total. The number of benzene rings is 1. The van der Waals surface area contributed by atoms with Crippen molar-refractivity contribution in [2.24, 2.45) is 0 Å². The highest BCUT2D eigenvalue weighted by Crippen LogP contribution is 2.24. The molecule has 5 nitrogen and oxygen atoms in total. The zero-order valence-electron chi connectivity index (χ0n) is 19.3. The van der Waals surface area contributed by atoms with Crippen LogP contribution in [-0.2, 0) is 11.2 Å². The average Bonchev–Trinajstić information content (AvgIpc) is 2.73. The third-order valence-electron chi connectivity index (χ3n) is 4.91. The number of likely N-dealkylation sites (N-methyl/N-ethyl adjacent to an activating group) is 1. The summed E-state index contributed by atoms with van der Waals surface area (Å²) < 4.78 is 31.7. The Kier molecular flexibility index (Phi) is 3.98. The van der Waals surface area contributed by atoms with Gasteiger partial charge in [-0.1, -0.05) is 18.2 Å². The van der Waals surface area contributed by atoms with Gasteiger partial charge in [-0.2, -0.15) is 0 Å². The van der Waals surface area contributed by atoms with E-state index in [1.807, 2.05) is 18.2 Å². The Morgan fingerprint density at radius 1 is 1.15 bits per heavy atom. The maximum atomic E-state index is 12.6.